The molecular weight excluding hydrogens is 210 g/mol. The molecule has 74 valence electrons. The van der Waals surface area contributed by atoms with Gasteiger partial charge < -0.3 is 4.57 Å². The molecule has 2 aromatic rings. The molecule has 0 radical (unpaired) electrons. The maximum Gasteiger partial charge on any atom is 0.162 e. The second kappa shape index (κ2) is 4.24. The van der Waals surface area contributed by atoms with E-state index >= 15 is 0 Å². The van der Waals surface area contributed by atoms with E-state index in [1.165, 1.54) is 23.1 Å². The molecule has 1 aromatic heterocycles. The van der Waals surface area contributed by atoms with Gasteiger partial charge in [-0.3, -0.25) is 0 Å². The summed E-state index contributed by atoms with van der Waals surface area (Å²) in [6, 6.07) is 8.43. The minimum Gasteiger partial charge on any atom is -0.323 e. The van der Waals surface area contributed by atoms with Crippen LogP contribution < -0.4 is 0 Å². The Morgan fingerprint density at radius 1 is 1.36 bits per heavy atom. The quantitative estimate of drug-likeness (QED) is 0.705. The van der Waals surface area contributed by atoms with E-state index < -0.39 is 0 Å². The molecule has 0 spiro atoms. The monoisotopic (exact) mass is 223 g/mol. The molecule has 0 aliphatic rings. The number of unbranched alkanes of at least 4 members (excludes halogenated alkanes) is 1. The lowest BCUT2D eigenvalue weighted by atomic mass is 10.3. The average molecular weight is 223 g/mol. The van der Waals surface area contributed by atoms with Crippen molar-refractivity contribution in [3.8, 4) is 0 Å². The van der Waals surface area contributed by atoms with E-state index in [0.717, 1.165) is 10.5 Å². The van der Waals surface area contributed by atoms with Gasteiger partial charge in [-0.15, -0.1) is 11.3 Å². The van der Waals surface area contributed by atoms with Crippen molar-refractivity contribution in [3.63, 3.8) is 0 Å². The third-order valence-electron chi connectivity index (χ3n) is 2.31. The van der Waals surface area contributed by atoms with Crippen LogP contribution in [0.15, 0.2) is 24.3 Å². The number of rotatable bonds is 3. The van der Waals surface area contributed by atoms with E-state index in [1.54, 1.807) is 11.3 Å². The largest absolute Gasteiger partial charge is 0.323 e. The minimum atomic E-state index is 1.000. The molecule has 0 aliphatic heterocycles. The topological polar surface area (TPSA) is 4.93 Å². The van der Waals surface area contributed by atoms with Crippen LogP contribution in [0.3, 0.4) is 0 Å². The van der Waals surface area contributed by atoms with Crippen LogP contribution in [0.2, 0.25) is 0 Å². The number of aromatic nitrogens is 1. The van der Waals surface area contributed by atoms with Crippen LogP contribution in [0, 0.1) is 3.95 Å². The molecule has 0 saturated heterocycles. The summed E-state index contributed by atoms with van der Waals surface area (Å²) in [4.78, 5) is 0. The number of benzene rings is 1. The molecular formula is C11H13NS2. The predicted molar refractivity (Wildman–Crippen MR) is 65.6 cm³/mol. The van der Waals surface area contributed by atoms with Crippen molar-refractivity contribution < 1.29 is 0 Å². The standard InChI is InChI=1S/C11H13NS2/c1-2-3-8-12-9-6-4-5-7-10(9)14-11(12)13/h4-7H,2-3,8H2,1H3. The summed E-state index contributed by atoms with van der Waals surface area (Å²) in [5.41, 5.74) is 1.29. The Morgan fingerprint density at radius 2 is 2.14 bits per heavy atom. The zero-order valence-electron chi connectivity index (χ0n) is 8.19. The van der Waals surface area contributed by atoms with Crippen LogP contribution in [0.5, 0.6) is 0 Å². The fourth-order valence-electron chi connectivity index (χ4n) is 1.54. The van der Waals surface area contributed by atoms with E-state index in [0.29, 0.717) is 0 Å². The summed E-state index contributed by atoms with van der Waals surface area (Å²) in [5, 5.41) is 0. The van der Waals surface area contributed by atoms with Crippen molar-refractivity contribution in [1.82, 2.24) is 4.57 Å². The van der Waals surface area contributed by atoms with Crippen LogP contribution in [-0.2, 0) is 6.54 Å². The highest BCUT2D eigenvalue weighted by atomic mass is 32.1. The average Bonchev–Trinajstić information content (AvgIpc) is 2.51. The predicted octanol–water partition coefficient (Wildman–Crippen LogP) is 4.23. The van der Waals surface area contributed by atoms with Crippen molar-refractivity contribution in [2.24, 2.45) is 0 Å². The maximum atomic E-state index is 5.35. The van der Waals surface area contributed by atoms with Gasteiger partial charge in [0.1, 0.15) is 0 Å². The van der Waals surface area contributed by atoms with Gasteiger partial charge in [0, 0.05) is 6.54 Å². The summed E-state index contributed by atoms with van der Waals surface area (Å²) in [6.45, 7) is 3.26. The first-order valence-corrected chi connectivity index (χ1v) is 6.14. The van der Waals surface area contributed by atoms with Crippen LogP contribution in [-0.4, -0.2) is 4.57 Å². The summed E-state index contributed by atoms with van der Waals surface area (Å²) in [6.07, 6.45) is 2.42. The first-order valence-electron chi connectivity index (χ1n) is 4.91. The summed E-state index contributed by atoms with van der Waals surface area (Å²) >= 11 is 7.05. The molecule has 3 heteroatoms. The van der Waals surface area contributed by atoms with Gasteiger partial charge in [-0.1, -0.05) is 25.5 Å². The van der Waals surface area contributed by atoms with Gasteiger partial charge in [0.05, 0.1) is 10.2 Å². The minimum absolute atomic E-state index is 1.000. The van der Waals surface area contributed by atoms with Crippen molar-refractivity contribution in [3.05, 3.63) is 28.2 Å². The van der Waals surface area contributed by atoms with Crippen LogP contribution >= 0.6 is 23.6 Å². The molecule has 0 aliphatic carbocycles. The molecule has 14 heavy (non-hydrogen) atoms. The normalized spacial score (nSPS) is 10.9. The van der Waals surface area contributed by atoms with E-state index in [2.05, 4.69) is 35.8 Å². The SMILES string of the molecule is CCCCn1c(=S)sc2ccccc21. The molecule has 0 fully saturated rings. The van der Waals surface area contributed by atoms with E-state index in [1.807, 2.05) is 0 Å². The number of hydrogen-bond acceptors (Lipinski definition) is 2. The van der Waals surface area contributed by atoms with Gasteiger partial charge in [0.15, 0.2) is 3.95 Å². The number of aryl methyl sites for hydroxylation is 1. The zero-order valence-corrected chi connectivity index (χ0v) is 9.83. The highest BCUT2D eigenvalue weighted by Crippen LogP contribution is 2.22. The van der Waals surface area contributed by atoms with Crippen molar-refractivity contribution in [2.45, 2.75) is 26.3 Å². The lowest BCUT2D eigenvalue weighted by Gasteiger charge is -2.02. The number of hydrogen-bond donors (Lipinski definition) is 0. The van der Waals surface area contributed by atoms with Crippen LogP contribution in [0.25, 0.3) is 10.2 Å². The molecule has 0 N–H and O–H groups in total. The molecule has 0 amide bonds. The van der Waals surface area contributed by atoms with Gasteiger partial charge in [-0.25, -0.2) is 0 Å². The summed E-state index contributed by atoms with van der Waals surface area (Å²) in [7, 11) is 0. The molecule has 2 rings (SSSR count). The Morgan fingerprint density at radius 3 is 2.93 bits per heavy atom. The molecule has 1 nitrogen and oxygen atoms in total. The molecule has 0 atom stereocenters. The van der Waals surface area contributed by atoms with E-state index in [9.17, 15) is 0 Å². The molecule has 0 unspecified atom stereocenters. The van der Waals surface area contributed by atoms with Crippen molar-refractivity contribution in [2.75, 3.05) is 0 Å². The fourth-order valence-corrected chi connectivity index (χ4v) is 2.92. The molecule has 1 heterocycles. The second-order valence-corrected chi connectivity index (χ2v) is 5.02. The first-order chi connectivity index (χ1) is 6.83. The van der Waals surface area contributed by atoms with Crippen LogP contribution in [0.1, 0.15) is 19.8 Å². The van der Waals surface area contributed by atoms with E-state index in [4.69, 9.17) is 12.2 Å². The lowest BCUT2D eigenvalue weighted by molar-refractivity contribution is 0.648. The van der Waals surface area contributed by atoms with Gasteiger partial charge >= 0.3 is 0 Å². The third kappa shape index (κ3) is 1.74. The van der Waals surface area contributed by atoms with Gasteiger partial charge in [0.2, 0.25) is 0 Å². The smallest absolute Gasteiger partial charge is 0.162 e. The summed E-state index contributed by atoms with van der Waals surface area (Å²) in [5.74, 6) is 0. The van der Waals surface area contributed by atoms with Crippen molar-refractivity contribution in [1.29, 1.82) is 0 Å². The highest BCUT2D eigenvalue weighted by molar-refractivity contribution is 7.73. The number of thiazole rings is 1. The Kier molecular flexibility index (Phi) is 2.99. The third-order valence-corrected chi connectivity index (χ3v) is 3.74. The molecule has 1 aromatic carbocycles. The van der Waals surface area contributed by atoms with Gasteiger partial charge in [0.25, 0.3) is 0 Å². The number of nitrogens with zero attached hydrogens (tertiary/aromatic N) is 1. The fraction of sp³-hybridized carbons (Fsp3) is 0.364. The maximum absolute atomic E-state index is 5.35. The first kappa shape index (κ1) is 9.87. The summed E-state index contributed by atoms with van der Waals surface area (Å²) < 4.78 is 4.55. The number of fused-ring (bicyclic) bond motifs is 1. The lowest BCUT2D eigenvalue weighted by Crippen LogP contribution is -1.96. The Bertz CT molecular complexity index is 481. The Hall–Kier alpha value is -0.670. The highest BCUT2D eigenvalue weighted by Gasteiger charge is 2.02. The van der Waals surface area contributed by atoms with Crippen LogP contribution in [0.4, 0.5) is 0 Å². The van der Waals surface area contributed by atoms with Gasteiger partial charge in [-0.2, -0.15) is 0 Å². The zero-order chi connectivity index (χ0) is 9.97. The molecule has 0 saturated carbocycles. The second-order valence-electron chi connectivity index (χ2n) is 3.34. The Balaban J connectivity index is 2.51. The van der Waals surface area contributed by atoms with E-state index in [-0.39, 0.29) is 0 Å². The Labute approximate surface area is 93.0 Å². The number of para-hydroxylation sites is 1. The molecule has 0 bridgehead atoms. The van der Waals surface area contributed by atoms with Gasteiger partial charge in [-0.05, 0) is 30.8 Å². The van der Waals surface area contributed by atoms with Crippen molar-refractivity contribution >= 4 is 33.8 Å².